The lowest BCUT2D eigenvalue weighted by molar-refractivity contribution is 0.659. The normalized spacial score (nSPS) is 13.8. The number of nitriles is 1. The first-order valence-electron chi connectivity index (χ1n) is 6.09. The summed E-state index contributed by atoms with van der Waals surface area (Å²) in [4.78, 5) is 4.12. The van der Waals surface area contributed by atoms with Gasteiger partial charge in [-0.25, -0.2) is 4.98 Å². The lowest BCUT2D eigenvalue weighted by Gasteiger charge is -2.23. The van der Waals surface area contributed by atoms with Crippen LogP contribution in [0.4, 0.5) is 0 Å². The highest BCUT2D eigenvalue weighted by atomic mass is 15.0. The third-order valence-corrected chi connectivity index (χ3v) is 3.34. The van der Waals surface area contributed by atoms with E-state index in [9.17, 15) is 0 Å². The van der Waals surface area contributed by atoms with E-state index >= 15 is 0 Å². The molecule has 1 aliphatic rings. The van der Waals surface area contributed by atoms with Crippen LogP contribution in [-0.2, 0) is 0 Å². The van der Waals surface area contributed by atoms with Crippen LogP contribution in [0.15, 0.2) is 48.6 Å². The standard InChI is InChI=1S/C15H13N3/c16-10-12-4-6-14(7-5-12)15(13-2-1-3-13)18-9-8-17-11-18/h4-9,11H,1-3H2. The zero-order valence-corrected chi connectivity index (χ0v) is 10.0. The second kappa shape index (κ2) is 4.50. The Morgan fingerprint density at radius 3 is 2.50 bits per heavy atom. The minimum atomic E-state index is 0.697. The predicted octanol–water partition coefficient (Wildman–Crippen LogP) is 3.20. The Kier molecular flexibility index (Phi) is 2.70. The molecule has 1 saturated carbocycles. The van der Waals surface area contributed by atoms with Crippen molar-refractivity contribution in [2.24, 2.45) is 0 Å². The number of hydrogen-bond acceptors (Lipinski definition) is 2. The van der Waals surface area contributed by atoms with Gasteiger partial charge in [-0.05, 0) is 42.5 Å². The maximum atomic E-state index is 8.84. The van der Waals surface area contributed by atoms with Crippen LogP contribution < -0.4 is 0 Å². The van der Waals surface area contributed by atoms with Crippen LogP contribution in [0.25, 0.3) is 5.70 Å². The number of hydrogen-bond donors (Lipinski definition) is 0. The van der Waals surface area contributed by atoms with Gasteiger partial charge in [-0.2, -0.15) is 5.26 Å². The van der Waals surface area contributed by atoms with Crippen molar-refractivity contribution >= 4 is 5.70 Å². The molecule has 0 saturated heterocycles. The molecule has 88 valence electrons. The van der Waals surface area contributed by atoms with Gasteiger partial charge in [-0.15, -0.1) is 0 Å². The van der Waals surface area contributed by atoms with E-state index in [1.54, 1.807) is 6.20 Å². The topological polar surface area (TPSA) is 41.6 Å². The lowest BCUT2D eigenvalue weighted by Crippen LogP contribution is -2.07. The molecule has 1 fully saturated rings. The van der Waals surface area contributed by atoms with Gasteiger partial charge in [0, 0.05) is 12.4 Å². The monoisotopic (exact) mass is 235 g/mol. The number of benzene rings is 1. The summed E-state index contributed by atoms with van der Waals surface area (Å²) in [5.41, 5.74) is 4.55. The molecule has 3 rings (SSSR count). The van der Waals surface area contributed by atoms with Crippen molar-refractivity contribution < 1.29 is 0 Å². The number of aromatic nitrogens is 2. The number of rotatable bonds is 2. The van der Waals surface area contributed by atoms with E-state index in [2.05, 4.69) is 15.6 Å². The SMILES string of the molecule is N#Cc1ccc(C(=C2CCC2)n2ccnc2)cc1. The Labute approximate surface area is 106 Å². The van der Waals surface area contributed by atoms with Crippen molar-refractivity contribution in [3.63, 3.8) is 0 Å². The smallest absolute Gasteiger partial charge is 0.0991 e. The molecule has 0 atom stereocenters. The molecular formula is C15H13N3. The minimum Gasteiger partial charge on any atom is -0.306 e. The second-order valence-corrected chi connectivity index (χ2v) is 4.46. The average molecular weight is 235 g/mol. The molecule has 1 heterocycles. The van der Waals surface area contributed by atoms with Gasteiger partial charge in [0.15, 0.2) is 0 Å². The van der Waals surface area contributed by atoms with E-state index in [0.29, 0.717) is 5.56 Å². The van der Waals surface area contributed by atoms with Crippen LogP contribution >= 0.6 is 0 Å². The minimum absolute atomic E-state index is 0.697. The molecule has 0 amide bonds. The Hall–Kier alpha value is -2.34. The zero-order valence-electron chi connectivity index (χ0n) is 10.0. The van der Waals surface area contributed by atoms with Crippen LogP contribution in [0.3, 0.4) is 0 Å². The molecule has 0 bridgehead atoms. The molecular weight excluding hydrogens is 222 g/mol. The van der Waals surface area contributed by atoms with Crippen LogP contribution in [0.5, 0.6) is 0 Å². The van der Waals surface area contributed by atoms with E-state index < -0.39 is 0 Å². The third-order valence-electron chi connectivity index (χ3n) is 3.34. The molecule has 0 spiro atoms. The Morgan fingerprint density at radius 2 is 2.00 bits per heavy atom. The van der Waals surface area contributed by atoms with Crippen molar-refractivity contribution in [2.45, 2.75) is 19.3 Å². The van der Waals surface area contributed by atoms with Crippen LogP contribution in [-0.4, -0.2) is 9.55 Å². The highest BCUT2D eigenvalue weighted by Crippen LogP contribution is 2.34. The van der Waals surface area contributed by atoms with Crippen molar-refractivity contribution in [1.29, 1.82) is 5.26 Å². The Bertz CT molecular complexity index is 607. The maximum absolute atomic E-state index is 8.84. The van der Waals surface area contributed by atoms with E-state index in [4.69, 9.17) is 5.26 Å². The van der Waals surface area contributed by atoms with Gasteiger partial charge in [0.1, 0.15) is 0 Å². The third kappa shape index (κ3) is 1.82. The first kappa shape index (κ1) is 10.8. The van der Waals surface area contributed by atoms with E-state index in [-0.39, 0.29) is 0 Å². The van der Waals surface area contributed by atoms with Gasteiger partial charge in [-0.3, -0.25) is 0 Å². The Morgan fingerprint density at radius 1 is 1.22 bits per heavy atom. The van der Waals surface area contributed by atoms with Crippen molar-refractivity contribution in [1.82, 2.24) is 9.55 Å². The van der Waals surface area contributed by atoms with Gasteiger partial charge in [0.05, 0.1) is 23.7 Å². The summed E-state index contributed by atoms with van der Waals surface area (Å²) >= 11 is 0. The summed E-state index contributed by atoms with van der Waals surface area (Å²) in [6, 6.07) is 9.91. The van der Waals surface area contributed by atoms with Crippen LogP contribution in [0.1, 0.15) is 30.4 Å². The molecule has 0 N–H and O–H groups in total. The van der Waals surface area contributed by atoms with Crippen molar-refractivity contribution in [3.8, 4) is 6.07 Å². The summed E-state index contributed by atoms with van der Waals surface area (Å²) < 4.78 is 2.07. The largest absolute Gasteiger partial charge is 0.306 e. The number of imidazole rings is 1. The van der Waals surface area contributed by atoms with Crippen LogP contribution in [0.2, 0.25) is 0 Å². The van der Waals surface area contributed by atoms with E-state index in [0.717, 1.165) is 18.4 Å². The lowest BCUT2D eigenvalue weighted by atomic mass is 9.88. The summed E-state index contributed by atoms with van der Waals surface area (Å²) in [5, 5.41) is 8.84. The predicted molar refractivity (Wildman–Crippen MR) is 69.6 cm³/mol. The molecule has 3 heteroatoms. The van der Waals surface area contributed by atoms with Gasteiger partial charge in [0.25, 0.3) is 0 Å². The summed E-state index contributed by atoms with van der Waals surface area (Å²) in [7, 11) is 0. The highest BCUT2D eigenvalue weighted by Gasteiger charge is 2.17. The molecule has 0 aliphatic heterocycles. The van der Waals surface area contributed by atoms with Crippen LogP contribution in [0, 0.1) is 11.3 Å². The van der Waals surface area contributed by atoms with Gasteiger partial charge in [0.2, 0.25) is 0 Å². The first-order valence-corrected chi connectivity index (χ1v) is 6.09. The molecule has 1 aliphatic carbocycles. The summed E-state index contributed by atoms with van der Waals surface area (Å²) in [6.07, 6.45) is 9.19. The molecule has 0 radical (unpaired) electrons. The van der Waals surface area contributed by atoms with E-state index in [1.807, 2.05) is 36.8 Å². The highest BCUT2D eigenvalue weighted by molar-refractivity contribution is 5.70. The summed E-state index contributed by atoms with van der Waals surface area (Å²) in [6.45, 7) is 0. The zero-order chi connectivity index (χ0) is 12.4. The number of nitrogens with zero attached hydrogens (tertiary/aromatic N) is 3. The molecule has 0 unspecified atom stereocenters. The molecule has 1 aromatic carbocycles. The van der Waals surface area contributed by atoms with Gasteiger partial charge in [-0.1, -0.05) is 12.1 Å². The quantitative estimate of drug-likeness (QED) is 0.802. The van der Waals surface area contributed by atoms with Crippen molar-refractivity contribution in [3.05, 3.63) is 59.7 Å². The van der Waals surface area contributed by atoms with Gasteiger partial charge >= 0.3 is 0 Å². The molecule has 2 aromatic rings. The molecule has 1 aromatic heterocycles. The second-order valence-electron chi connectivity index (χ2n) is 4.46. The fraction of sp³-hybridized carbons (Fsp3) is 0.200. The summed E-state index contributed by atoms with van der Waals surface area (Å²) in [5.74, 6) is 0. The fourth-order valence-electron chi connectivity index (χ4n) is 2.22. The Balaban J connectivity index is 2.07. The maximum Gasteiger partial charge on any atom is 0.0991 e. The molecule has 3 nitrogen and oxygen atoms in total. The van der Waals surface area contributed by atoms with E-state index in [1.165, 1.54) is 17.7 Å². The fourth-order valence-corrected chi connectivity index (χ4v) is 2.22. The molecule has 18 heavy (non-hydrogen) atoms. The van der Waals surface area contributed by atoms with Gasteiger partial charge < -0.3 is 4.57 Å². The van der Waals surface area contributed by atoms with Crippen molar-refractivity contribution in [2.75, 3.05) is 0 Å². The number of allylic oxidation sites excluding steroid dienone is 1. The first-order chi connectivity index (χ1) is 8.88. The average Bonchev–Trinajstić information content (AvgIpc) is 2.87.